The monoisotopic (exact) mass is 400 g/mol. The third-order valence-electron chi connectivity index (χ3n) is 8.43. The summed E-state index contributed by atoms with van der Waals surface area (Å²) in [6.45, 7) is 13.8. The molecule has 0 amide bonds. The van der Waals surface area contributed by atoms with Crippen molar-refractivity contribution in [2.45, 2.75) is 104 Å². The summed E-state index contributed by atoms with van der Waals surface area (Å²) in [7, 11) is 0. The van der Waals surface area contributed by atoms with Crippen molar-refractivity contribution in [3.05, 3.63) is 35.5 Å². The van der Waals surface area contributed by atoms with Gasteiger partial charge in [0, 0.05) is 6.42 Å². The summed E-state index contributed by atoms with van der Waals surface area (Å²) < 4.78 is 0. The second-order valence-corrected chi connectivity index (χ2v) is 11.0. The first-order valence-corrected chi connectivity index (χ1v) is 12.2. The highest BCUT2D eigenvalue weighted by atomic mass is 16.3. The van der Waals surface area contributed by atoms with Crippen LogP contribution in [0.1, 0.15) is 91.9 Å². The Kier molecular flexibility index (Phi) is 7.49. The lowest BCUT2D eigenvalue weighted by Gasteiger charge is -2.44. The van der Waals surface area contributed by atoms with Crippen LogP contribution in [0.3, 0.4) is 0 Å². The van der Waals surface area contributed by atoms with Gasteiger partial charge in [0.1, 0.15) is 0 Å². The van der Waals surface area contributed by atoms with Crippen molar-refractivity contribution in [2.24, 2.45) is 29.1 Å². The zero-order chi connectivity index (χ0) is 21.2. The maximum atomic E-state index is 10.1. The van der Waals surface area contributed by atoms with Crippen LogP contribution in [0.25, 0.3) is 0 Å². The van der Waals surface area contributed by atoms with Gasteiger partial charge in [-0.25, -0.2) is 0 Å². The molecule has 3 aliphatic carbocycles. The highest BCUT2D eigenvalue weighted by Crippen LogP contribution is 2.59. The second kappa shape index (κ2) is 9.52. The molecule has 3 aliphatic rings. The number of aliphatic hydroxyl groups is 2. The molecule has 0 bridgehead atoms. The summed E-state index contributed by atoms with van der Waals surface area (Å²) in [5, 5.41) is 20.2. The van der Waals surface area contributed by atoms with E-state index in [4.69, 9.17) is 0 Å². The van der Waals surface area contributed by atoms with E-state index in [1.165, 1.54) is 51.4 Å². The Hall–Kier alpha value is -0.860. The van der Waals surface area contributed by atoms with Crippen LogP contribution in [-0.2, 0) is 0 Å². The molecule has 0 radical (unpaired) electrons. The summed E-state index contributed by atoms with van der Waals surface area (Å²) in [5.41, 5.74) is 3.88. The molecule has 0 aromatic heterocycles. The van der Waals surface area contributed by atoms with Gasteiger partial charge in [-0.05, 0) is 78.8 Å². The smallest absolute Gasteiger partial charge is 0.0811 e. The number of rotatable bonds is 6. The van der Waals surface area contributed by atoms with E-state index in [1.54, 1.807) is 5.57 Å². The van der Waals surface area contributed by atoms with E-state index in [2.05, 4.69) is 46.4 Å². The van der Waals surface area contributed by atoms with Crippen LogP contribution < -0.4 is 0 Å². The number of hydrogen-bond acceptors (Lipinski definition) is 2. The van der Waals surface area contributed by atoms with Crippen molar-refractivity contribution >= 4 is 0 Å². The van der Waals surface area contributed by atoms with Gasteiger partial charge in [0.15, 0.2) is 0 Å². The van der Waals surface area contributed by atoms with Gasteiger partial charge in [0.2, 0.25) is 0 Å². The zero-order valence-corrected chi connectivity index (χ0v) is 19.3. The molecule has 3 saturated carbocycles. The van der Waals surface area contributed by atoms with Gasteiger partial charge in [-0.3, -0.25) is 0 Å². The van der Waals surface area contributed by atoms with E-state index in [1.807, 2.05) is 0 Å². The van der Waals surface area contributed by atoms with Crippen molar-refractivity contribution in [1.82, 2.24) is 0 Å². The fourth-order valence-electron chi connectivity index (χ4n) is 6.73. The van der Waals surface area contributed by atoms with Crippen LogP contribution in [0.15, 0.2) is 35.5 Å². The van der Waals surface area contributed by atoms with Crippen LogP contribution in [0.2, 0.25) is 0 Å². The van der Waals surface area contributed by atoms with E-state index >= 15 is 0 Å². The minimum Gasteiger partial charge on any atom is -0.393 e. The molecule has 0 aromatic carbocycles. The standard InChI is InChI=1S/C27H44O2/c1-18(2)8-6-9-19(3)24-13-14-25-21(10-7-15-27(24,25)5)11-12-22-16-23(28)17-26(29)20(22)4/h11-12,18-19,23-26,28-29H,4,6-10,13-17H2,1-3,5H3/b21-11+,22-12-/t19-,23?,24-,25?,26?,27-/m1/s1. The highest BCUT2D eigenvalue weighted by Gasteiger charge is 2.50. The average molecular weight is 401 g/mol. The normalized spacial score (nSPS) is 39.3. The number of fused-ring (bicyclic) bond motifs is 1. The molecule has 0 spiro atoms. The fourth-order valence-corrected chi connectivity index (χ4v) is 6.73. The summed E-state index contributed by atoms with van der Waals surface area (Å²) >= 11 is 0. The molecule has 2 N–H and O–H groups in total. The SMILES string of the molecule is C=C1/C(=C\C=C2/CCC[C@@]3(C)C2CC[C@@H]3[C@H](C)CCCC(C)C)CC(O)CC1O. The van der Waals surface area contributed by atoms with Gasteiger partial charge in [-0.15, -0.1) is 0 Å². The van der Waals surface area contributed by atoms with Gasteiger partial charge in [0.25, 0.3) is 0 Å². The summed E-state index contributed by atoms with van der Waals surface area (Å²) in [5.74, 6) is 3.20. The third-order valence-corrected chi connectivity index (χ3v) is 8.43. The molecular formula is C27H44O2. The van der Waals surface area contributed by atoms with Crippen LogP contribution in [-0.4, -0.2) is 22.4 Å². The van der Waals surface area contributed by atoms with Crippen LogP contribution in [0, 0.1) is 29.1 Å². The molecule has 0 aliphatic heterocycles. The summed E-state index contributed by atoms with van der Waals surface area (Å²) in [6.07, 6.45) is 15.2. The molecule has 2 nitrogen and oxygen atoms in total. The first-order chi connectivity index (χ1) is 13.7. The summed E-state index contributed by atoms with van der Waals surface area (Å²) in [4.78, 5) is 0. The summed E-state index contributed by atoms with van der Waals surface area (Å²) in [6, 6.07) is 0. The Morgan fingerprint density at radius 1 is 1.14 bits per heavy atom. The molecule has 0 heterocycles. The van der Waals surface area contributed by atoms with Crippen LogP contribution in [0.4, 0.5) is 0 Å². The third kappa shape index (κ3) is 5.07. The first-order valence-electron chi connectivity index (χ1n) is 12.2. The average Bonchev–Trinajstić information content (AvgIpc) is 3.00. The Bertz CT molecular complexity index is 643. The van der Waals surface area contributed by atoms with Crippen molar-refractivity contribution in [3.8, 4) is 0 Å². The van der Waals surface area contributed by atoms with Crippen molar-refractivity contribution in [2.75, 3.05) is 0 Å². The second-order valence-electron chi connectivity index (χ2n) is 11.0. The maximum Gasteiger partial charge on any atom is 0.0811 e. The van der Waals surface area contributed by atoms with Crippen molar-refractivity contribution < 1.29 is 10.2 Å². The molecule has 164 valence electrons. The van der Waals surface area contributed by atoms with Crippen LogP contribution >= 0.6 is 0 Å². The van der Waals surface area contributed by atoms with Crippen LogP contribution in [0.5, 0.6) is 0 Å². The number of aliphatic hydroxyl groups excluding tert-OH is 2. The zero-order valence-electron chi connectivity index (χ0n) is 19.3. The predicted octanol–water partition coefficient (Wildman–Crippen LogP) is 6.59. The minimum absolute atomic E-state index is 0.420. The van der Waals surface area contributed by atoms with Crippen molar-refractivity contribution in [1.29, 1.82) is 0 Å². The van der Waals surface area contributed by atoms with E-state index in [9.17, 15) is 10.2 Å². The Labute approximate surface area is 179 Å². The van der Waals surface area contributed by atoms with E-state index < -0.39 is 12.2 Å². The Morgan fingerprint density at radius 2 is 1.90 bits per heavy atom. The van der Waals surface area contributed by atoms with Gasteiger partial charge in [-0.1, -0.05) is 71.3 Å². The molecule has 2 heteroatoms. The van der Waals surface area contributed by atoms with Gasteiger partial charge < -0.3 is 10.2 Å². The van der Waals surface area contributed by atoms with E-state index in [0.717, 1.165) is 28.9 Å². The predicted molar refractivity (Wildman–Crippen MR) is 123 cm³/mol. The molecule has 29 heavy (non-hydrogen) atoms. The largest absolute Gasteiger partial charge is 0.393 e. The fraction of sp³-hybridized carbons (Fsp3) is 0.778. The molecule has 3 unspecified atom stereocenters. The molecule has 3 rings (SSSR count). The molecular weight excluding hydrogens is 356 g/mol. The molecule has 0 saturated heterocycles. The van der Waals surface area contributed by atoms with E-state index in [-0.39, 0.29) is 0 Å². The molecule has 0 aromatic rings. The Balaban J connectivity index is 1.71. The van der Waals surface area contributed by atoms with E-state index in [0.29, 0.717) is 24.2 Å². The topological polar surface area (TPSA) is 40.5 Å². The molecule has 6 atom stereocenters. The van der Waals surface area contributed by atoms with Crippen molar-refractivity contribution in [3.63, 3.8) is 0 Å². The number of hydrogen-bond donors (Lipinski definition) is 2. The first kappa shape index (κ1) is 22.8. The van der Waals surface area contributed by atoms with Gasteiger partial charge >= 0.3 is 0 Å². The maximum absolute atomic E-state index is 10.1. The lowest BCUT2D eigenvalue weighted by atomic mass is 9.60. The molecule has 3 fully saturated rings. The quantitative estimate of drug-likeness (QED) is 0.528. The number of allylic oxidation sites excluding steroid dienone is 3. The van der Waals surface area contributed by atoms with Gasteiger partial charge in [-0.2, -0.15) is 0 Å². The highest BCUT2D eigenvalue weighted by molar-refractivity contribution is 5.38. The minimum atomic E-state index is -0.595. The Morgan fingerprint density at radius 3 is 2.62 bits per heavy atom. The van der Waals surface area contributed by atoms with Gasteiger partial charge in [0.05, 0.1) is 12.2 Å². The lowest BCUT2D eigenvalue weighted by Crippen LogP contribution is -2.36. The lowest BCUT2D eigenvalue weighted by molar-refractivity contribution is 0.0861.